The Bertz CT molecular complexity index is 564. The quantitative estimate of drug-likeness (QED) is 0.791. The number of rotatable bonds is 1. The smallest absolute Gasteiger partial charge is 0.250 e. The molecule has 0 radical (unpaired) electrons. The Balaban J connectivity index is 1.96. The van der Waals surface area contributed by atoms with Gasteiger partial charge < -0.3 is 9.80 Å². The second-order valence-corrected chi connectivity index (χ2v) is 5.62. The first-order valence-corrected chi connectivity index (χ1v) is 6.93. The summed E-state index contributed by atoms with van der Waals surface area (Å²) in [6.07, 6.45) is 1.57. The zero-order chi connectivity index (χ0) is 13.6. The molecule has 0 aromatic heterocycles. The number of carbonyl (C=O) groups is 2. The standard InChI is InChI=1S/C13H12BrFN2O2/c14-9-6-8(15)3-4-10(9)17-7-12(18)16-5-1-2-11(16)13(17)19/h3-4,6,11H,1-2,5,7H2. The molecule has 4 nitrogen and oxygen atoms in total. The summed E-state index contributed by atoms with van der Waals surface area (Å²) in [5.41, 5.74) is 0.548. The third kappa shape index (κ3) is 2.04. The van der Waals surface area contributed by atoms with Crippen LogP contribution in [0.25, 0.3) is 0 Å². The number of benzene rings is 1. The molecule has 1 aromatic rings. The normalized spacial score (nSPS) is 22.9. The van der Waals surface area contributed by atoms with Crippen molar-refractivity contribution in [2.45, 2.75) is 18.9 Å². The van der Waals surface area contributed by atoms with Crippen LogP contribution in [0.4, 0.5) is 10.1 Å². The zero-order valence-electron chi connectivity index (χ0n) is 10.1. The topological polar surface area (TPSA) is 40.6 Å². The van der Waals surface area contributed by atoms with Crippen LogP contribution in [0, 0.1) is 5.82 Å². The van der Waals surface area contributed by atoms with Gasteiger partial charge in [0.25, 0.3) is 0 Å². The summed E-state index contributed by atoms with van der Waals surface area (Å²) < 4.78 is 13.6. The van der Waals surface area contributed by atoms with Gasteiger partial charge in [0.2, 0.25) is 11.8 Å². The average molecular weight is 327 g/mol. The fourth-order valence-corrected chi connectivity index (χ4v) is 3.27. The Morgan fingerprint density at radius 3 is 2.84 bits per heavy atom. The van der Waals surface area contributed by atoms with E-state index >= 15 is 0 Å². The molecular formula is C13H12BrFN2O2. The maximum atomic E-state index is 13.1. The molecule has 19 heavy (non-hydrogen) atoms. The van der Waals surface area contributed by atoms with Crippen molar-refractivity contribution in [2.75, 3.05) is 18.0 Å². The van der Waals surface area contributed by atoms with E-state index < -0.39 is 0 Å². The van der Waals surface area contributed by atoms with Gasteiger partial charge in [0.05, 0.1) is 5.69 Å². The Hall–Kier alpha value is -1.43. The summed E-state index contributed by atoms with van der Waals surface area (Å²) >= 11 is 3.24. The number of halogens is 2. The summed E-state index contributed by atoms with van der Waals surface area (Å²) in [7, 11) is 0. The molecule has 3 rings (SSSR count). The molecule has 2 aliphatic heterocycles. The van der Waals surface area contributed by atoms with Crippen molar-refractivity contribution >= 4 is 33.4 Å². The lowest BCUT2D eigenvalue weighted by Crippen LogP contribution is -2.57. The predicted molar refractivity (Wildman–Crippen MR) is 71.2 cm³/mol. The van der Waals surface area contributed by atoms with E-state index in [0.29, 0.717) is 23.1 Å². The number of anilines is 1. The molecule has 2 aliphatic rings. The van der Waals surface area contributed by atoms with Gasteiger partial charge >= 0.3 is 0 Å². The number of carbonyl (C=O) groups excluding carboxylic acids is 2. The fourth-order valence-electron chi connectivity index (χ4n) is 2.71. The Labute approximate surface area is 118 Å². The van der Waals surface area contributed by atoms with Crippen LogP contribution in [-0.2, 0) is 9.59 Å². The lowest BCUT2D eigenvalue weighted by Gasteiger charge is -2.36. The van der Waals surface area contributed by atoms with Crippen LogP contribution in [0.1, 0.15) is 12.8 Å². The second-order valence-electron chi connectivity index (χ2n) is 4.77. The molecule has 2 fully saturated rings. The Morgan fingerprint density at radius 2 is 2.11 bits per heavy atom. The molecule has 2 saturated heterocycles. The monoisotopic (exact) mass is 326 g/mol. The maximum absolute atomic E-state index is 13.1. The lowest BCUT2D eigenvalue weighted by atomic mass is 10.1. The molecule has 0 bridgehead atoms. The number of amides is 2. The van der Waals surface area contributed by atoms with Gasteiger partial charge in [-0.05, 0) is 47.0 Å². The van der Waals surface area contributed by atoms with Gasteiger partial charge in [0.15, 0.2) is 0 Å². The van der Waals surface area contributed by atoms with Gasteiger partial charge in [-0.3, -0.25) is 9.59 Å². The molecule has 100 valence electrons. The molecule has 0 spiro atoms. The van der Waals surface area contributed by atoms with Gasteiger partial charge in [0, 0.05) is 11.0 Å². The van der Waals surface area contributed by atoms with Crippen molar-refractivity contribution in [3.8, 4) is 0 Å². The summed E-state index contributed by atoms with van der Waals surface area (Å²) in [6.45, 7) is 0.688. The summed E-state index contributed by atoms with van der Waals surface area (Å²) in [5, 5.41) is 0. The van der Waals surface area contributed by atoms with Gasteiger partial charge in [-0.15, -0.1) is 0 Å². The number of nitrogens with zero attached hydrogens (tertiary/aromatic N) is 2. The fraction of sp³-hybridized carbons (Fsp3) is 0.385. The number of piperazine rings is 1. The minimum Gasteiger partial charge on any atom is -0.329 e. The second kappa shape index (κ2) is 4.59. The highest BCUT2D eigenvalue weighted by molar-refractivity contribution is 9.10. The molecule has 1 aromatic carbocycles. The molecule has 0 N–H and O–H groups in total. The van der Waals surface area contributed by atoms with Crippen molar-refractivity contribution in [1.29, 1.82) is 0 Å². The maximum Gasteiger partial charge on any atom is 0.250 e. The largest absolute Gasteiger partial charge is 0.329 e. The third-order valence-corrected chi connectivity index (χ3v) is 4.25. The summed E-state index contributed by atoms with van der Waals surface area (Å²) in [4.78, 5) is 27.5. The first-order valence-electron chi connectivity index (χ1n) is 6.14. The van der Waals surface area contributed by atoms with E-state index in [1.165, 1.54) is 23.1 Å². The van der Waals surface area contributed by atoms with Crippen molar-refractivity contribution < 1.29 is 14.0 Å². The molecule has 1 unspecified atom stereocenters. The van der Waals surface area contributed by atoms with Crippen molar-refractivity contribution in [3.05, 3.63) is 28.5 Å². The van der Waals surface area contributed by atoms with Gasteiger partial charge in [-0.2, -0.15) is 0 Å². The Morgan fingerprint density at radius 1 is 1.32 bits per heavy atom. The van der Waals surface area contributed by atoms with Crippen LogP contribution in [0.15, 0.2) is 22.7 Å². The molecule has 2 heterocycles. The first-order chi connectivity index (χ1) is 9.08. The van der Waals surface area contributed by atoms with E-state index in [1.807, 2.05) is 0 Å². The summed E-state index contributed by atoms with van der Waals surface area (Å²) in [6, 6.07) is 3.76. The van der Waals surface area contributed by atoms with E-state index in [0.717, 1.165) is 6.42 Å². The highest BCUT2D eigenvalue weighted by Crippen LogP contribution is 2.32. The van der Waals surface area contributed by atoms with E-state index in [9.17, 15) is 14.0 Å². The van der Waals surface area contributed by atoms with E-state index in [1.54, 1.807) is 4.90 Å². The van der Waals surface area contributed by atoms with Crippen LogP contribution < -0.4 is 4.90 Å². The van der Waals surface area contributed by atoms with Crippen molar-refractivity contribution in [3.63, 3.8) is 0 Å². The van der Waals surface area contributed by atoms with Crippen LogP contribution in [-0.4, -0.2) is 35.8 Å². The van der Waals surface area contributed by atoms with Gasteiger partial charge in [-0.25, -0.2) is 4.39 Å². The van der Waals surface area contributed by atoms with Crippen LogP contribution in [0.2, 0.25) is 0 Å². The van der Waals surface area contributed by atoms with Gasteiger partial charge in [0.1, 0.15) is 18.4 Å². The first kappa shape index (κ1) is 12.6. The summed E-state index contributed by atoms with van der Waals surface area (Å²) in [5.74, 6) is -0.503. The zero-order valence-corrected chi connectivity index (χ0v) is 11.7. The van der Waals surface area contributed by atoms with Crippen LogP contribution in [0.5, 0.6) is 0 Å². The lowest BCUT2D eigenvalue weighted by molar-refractivity contribution is -0.140. The van der Waals surface area contributed by atoms with E-state index in [-0.39, 0.29) is 30.2 Å². The Kier molecular flexibility index (Phi) is 3.05. The van der Waals surface area contributed by atoms with Crippen molar-refractivity contribution in [2.24, 2.45) is 0 Å². The minimum atomic E-state index is -0.381. The number of hydrogen-bond donors (Lipinski definition) is 0. The highest BCUT2D eigenvalue weighted by Gasteiger charge is 2.42. The van der Waals surface area contributed by atoms with Crippen molar-refractivity contribution in [1.82, 2.24) is 4.90 Å². The molecular weight excluding hydrogens is 315 g/mol. The van der Waals surface area contributed by atoms with Crippen LogP contribution in [0.3, 0.4) is 0 Å². The van der Waals surface area contributed by atoms with E-state index in [2.05, 4.69) is 15.9 Å². The molecule has 0 aliphatic carbocycles. The SMILES string of the molecule is O=C1C2CCCN2C(=O)CN1c1ccc(F)cc1Br. The highest BCUT2D eigenvalue weighted by atomic mass is 79.9. The molecule has 2 amide bonds. The predicted octanol–water partition coefficient (Wildman–Crippen LogP) is 1.93. The third-order valence-electron chi connectivity index (χ3n) is 3.62. The number of hydrogen-bond acceptors (Lipinski definition) is 2. The van der Waals surface area contributed by atoms with E-state index in [4.69, 9.17) is 0 Å². The molecule has 6 heteroatoms. The average Bonchev–Trinajstić information content (AvgIpc) is 2.84. The minimum absolute atomic E-state index is 0.0273. The molecule has 0 saturated carbocycles. The van der Waals surface area contributed by atoms with Crippen LogP contribution >= 0.6 is 15.9 Å². The molecule has 1 atom stereocenters. The van der Waals surface area contributed by atoms with Gasteiger partial charge in [-0.1, -0.05) is 0 Å². The number of fused-ring (bicyclic) bond motifs is 1.